The van der Waals surface area contributed by atoms with E-state index < -0.39 is 87.8 Å². The summed E-state index contributed by atoms with van der Waals surface area (Å²) in [6, 6.07) is 5.72. The highest BCUT2D eigenvalue weighted by Gasteiger charge is 2.42. The summed E-state index contributed by atoms with van der Waals surface area (Å²) < 4.78 is 82.0. The van der Waals surface area contributed by atoms with Gasteiger partial charge in [-0.05, 0) is 42.7 Å². The van der Waals surface area contributed by atoms with Gasteiger partial charge in [0.15, 0.2) is 0 Å². The molecule has 92 heavy (non-hydrogen) atoms. The lowest BCUT2D eigenvalue weighted by Gasteiger charge is -2.42. The lowest BCUT2D eigenvalue weighted by atomic mass is 9.87. The van der Waals surface area contributed by atoms with Crippen LogP contribution in [0, 0.1) is 24.5 Å². The Labute approximate surface area is 535 Å². The summed E-state index contributed by atoms with van der Waals surface area (Å²) in [5, 5.41) is 39.4. The van der Waals surface area contributed by atoms with E-state index in [1.165, 1.54) is 30.4 Å². The number of hydrogen-bond acceptors (Lipinski definition) is 21. The van der Waals surface area contributed by atoms with Gasteiger partial charge in [-0.2, -0.15) is 0 Å². The number of aliphatic hydroxyl groups excluding tert-OH is 2. The molecule has 1 aromatic heterocycles. The first-order valence-corrected chi connectivity index (χ1v) is 31.4. The van der Waals surface area contributed by atoms with Crippen molar-refractivity contribution in [1.29, 1.82) is 0 Å². The van der Waals surface area contributed by atoms with Crippen LogP contribution in [-0.4, -0.2) is 238 Å². The number of nitrogens with zero attached hydrogens (tertiary/aromatic N) is 3. The zero-order valence-electron chi connectivity index (χ0n) is 52.6. The Morgan fingerprint density at radius 2 is 1.22 bits per heavy atom. The largest absolute Gasteiger partial charge is 0.480 e. The van der Waals surface area contributed by atoms with Crippen molar-refractivity contribution in [2.45, 2.75) is 95.1 Å². The fourth-order valence-corrected chi connectivity index (χ4v) is 10.8. The summed E-state index contributed by atoms with van der Waals surface area (Å²) in [5.74, 6) is -7.29. The van der Waals surface area contributed by atoms with Crippen molar-refractivity contribution < 1.29 is 100 Å². The molecule has 0 aliphatic carbocycles. The number of aliphatic hydroxyl groups is 2. The van der Waals surface area contributed by atoms with Crippen LogP contribution in [0.3, 0.4) is 0 Å². The monoisotopic (exact) mass is 1320 g/mol. The molecule has 512 valence electrons. The molecule has 0 saturated carbocycles. The van der Waals surface area contributed by atoms with Gasteiger partial charge < -0.3 is 83.8 Å². The molecule has 7 N–H and O–H groups in total. The number of carbonyl (C=O) groups is 7. The number of nitrogens with one attached hydrogen (secondary N) is 4. The number of halogens is 2. The molecule has 7 atom stereocenters. The first kappa shape index (κ1) is 76.1. The summed E-state index contributed by atoms with van der Waals surface area (Å²) in [5.41, 5.74) is -0.377. The lowest BCUT2D eigenvalue weighted by molar-refractivity contribution is -0.161. The van der Waals surface area contributed by atoms with Gasteiger partial charge in [0.1, 0.15) is 23.2 Å². The number of hydrogen-bond donors (Lipinski definition) is 7. The average molecular weight is 1320 g/mol. The molecule has 31 heteroatoms. The zero-order chi connectivity index (χ0) is 67.1. The van der Waals surface area contributed by atoms with Gasteiger partial charge in [-0.15, -0.1) is 11.8 Å². The second kappa shape index (κ2) is 40.5. The van der Waals surface area contributed by atoms with Crippen LogP contribution in [0.2, 0.25) is 0 Å². The molecule has 2 aromatic carbocycles. The number of amides is 6. The van der Waals surface area contributed by atoms with Crippen LogP contribution in [0.15, 0.2) is 46.0 Å². The maximum absolute atomic E-state index is 15.1. The second-order valence-corrected chi connectivity index (χ2v) is 22.9. The van der Waals surface area contributed by atoms with Crippen LogP contribution >= 0.6 is 11.8 Å². The third-order valence-electron chi connectivity index (χ3n) is 15.0. The fourth-order valence-electron chi connectivity index (χ4n) is 9.65. The van der Waals surface area contributed by atoms with Gasteiger partial charge in [0, 0.05) is 83.2 Å². The first-order chi connectivity index (χ1) is 44.1. The molecule has 2 unspecified atom stereocenters. The standard InChI is InChI=1S/C61H87F2N7O21S/c1-38-47(37-71)91-40(3)55(56(38)76)67-51(74)12-31-92-48-35-52(75)70(58(48)78)14-10-49(72)64-13-16-84-18-20-86-22-24-88-26-28-90-30-29-89-27-25-87-23-21-85-19-17-83-15-11-50(73)65-36-42-32-44(62)54(45(63)33-42)57(77)66-46(60(80)81)34-41-6-8-43(9-7-41)53-39(2)68(4)61(82)69(5)59(53)79/h6-9,32-33,38,40,46-48,55-56,71,76H,10-31,34-37H2,1-5H3,(H,64,72)(H,65,73)(H,66,77)(H,67,74)(H,80,81)/t38-,40+,46?,47-,48?,55+,56-/m1/s1. The third-order valence-corrected chi connectivity index (χ3v) is 16.2. The van der Waals surface area contributed by atoms with E-state index in [9.17, 15) is 58.5 Å². The van der Waals surface area contributed by atoms with E-state index in [-0.39, 0.29) is 125 Å². The van der Waals surface area contributed by atoms with Crippen LogP contribution in [0.5, 0.6) is 0 Å². The van der Waals surface area contributed by atoms with Crippen molar-refractivity contribution in [3.05, 3.63) is 91.3 Å². The molecule has 3 heterocycles. The maximum Gasteiger partial charge on any atom is 0.330 e. The zero-order valence-corrected chi connectivity index (χ0v) is 53.4. The highest BCUT2D eigenvalue weighted by molar-refractivity contribution is 8.00. The molecule has 2 aliphatic heterocycles. The number of aromatic nitrogens is 2. The predicted molar refractivity (Wildman–Crippen MR) is 327 cm³/mol. The number of imide groups is 1. The van der Waals surface area contributed by atoms with Crippen molar-refractivity contribution in [1.82, 2.24) is 35.3 Å². The SMILES string of the molecule is Cc1c(-c2ccc(CC(NC(=O)c3c(F)cc(CNC(=O)CCOCCOCCOCCOCCOCCOCCOCCOCCNC(=O)CCN4C(=O)CC(SCCC(=O)N[C@@H]5[C@H](O)[C@H](C)[C@@H](CO)O[C@H]5C)C4=O)cc3F)C(=O)O)cc2)c(=O)n(C)c(=O)n1C. The molecule has 28 nitrogen and oxygen atoms in total. The topological polar surface area (TPSA) is 359 Å². The van der Waals surface area contributed by atoms with Crippen molar-refractivity contribution in [2.24, 2.45) is 20.0 Å². The van der Waals surface area contributed by atoms with Crippen molar-refractivity contribution in [2.75, 3.05) is 131 Å². The van der Waals surface area contributed by atoms with Crippen molar-refractivity contribution in [3.8, 4) is 11.1 Å². The number of carboxylic acids is 1. The van der Waals surface area contributed by atoms with Crippen LogP contribution in [0.25, 0.3) is 11.1 Å². The van der Waals surface area contributed by atoms with E-state index in [0.717, 1.165) is 21.6 Å². The van der Waals surface area contributed by atoms with Crippen molar-refractivity contribution in [3.63, 3.8) is 0 Å². The van der Waals surface area contributed by atoms with E-state index in [4.69, 9.17) is 42.6 Å². The van der Waals surface area contributed by atoms with Crippen LogP contribution in [0.1, 0.15) is 66.7 Å². The summed E-state index contributed by atoms with van der Waals surface area (Å²) in [4.78, 5) is 114. The molecule has 6 amide bonds. The Morgan fingerprint density at radius 3 is 1.75 bits per heavy atom. The van der Waals surface area contributed by atoms with Gasteiger partial charge in [-0.3, -0.25) is 43.0 Å². The smallest absolute Gasteiger partial charge is 0.330 e. The summed E-state index contributed by atoms with van der Waals surface area (Å²) in [6.45, 7) is 9.62. The Balaban J connectivity index is 0.759. The Kier molecular flexibility index (Phi) is 33.5. The van der Waals surface area contributed by atoms with Gasteiger partial charge >= 0.3 is 11.7 Å². The molecule has 0 bridgehead atoms. The van der Waals surface area contributed by atoms with Gasteiger partial charge in [0.05, 0.1) is 147 Å². The molecule has 2 aliphatic rings. The molecule has 5 rings (SSSR count). The first-order valence-electron chi connectivity index (χ1n) is 30.4. The van der Waals surface area contributed by atoms with Crippen LogP contribution in [0.4, 0.5) is 8.78 Å². The Morgan fingerprint density at radius 1 is 0.696 bits per heavy atom. The molecular weight excluding hydrogens is 1240 g/mol. The quantitative estimate of drug-likeness (QED) is 0.0288. The molecule has 0 radical (unpaired) electrons. The molecule has 3 aromatic rings. The number of thioether (sulfide) groups is 1. The van der Waals surface area contributed by atoms with Crippen LogP contribution in [-0.2, 0) is 98.5 Å². The summed E-state index contributed by atoms with van der Waals surface area (Å²) in [7, 11) is 2.88. The maximum atomic E-state index is 15.1. The lowest BCUT2D eigenvalue weighted by Crippen LogP contribution is -2.60. The summed E-state index contributed by atoms with van der Waals surface area (Å²) in [6.07, 6.45) is -2.26. The van der Waals surface area contributed by atoms with E-state index in [1.807, 2.05) is 0 Å². The normalized spacial score (nSPS) is 18.5. The minimum atomic E-state index is -1.58. The van der Waals surface area contributed by atoms with E-state index in [0.29, 0.717) is 96.1 Å². The third kappa shape index (κ3) is 24.7. The molecule has 0 spiro atoms. The predicted octanol–water partition coefficient (Wildman–Crippen LogP) is -0.0791. The van der Waals surface area contributed by atoms with E-state index in [1.54, 1.807) is 45.0 Å². The van der Waals surface area contributed by atoms with Gasteiger partial charge in [0.25, 0.3) is 11.5 Å². The van der Waals surface area contributed by atoms with E-state index >= 15 is 8.78 Å². The minimum Gasteiger partial charge on any atom is -0.480 e. The van der Waals surface area contributed by atoms with Gasteiger partial charge in [-0.25, -0.2) is 18.4 Å². The minimum absolute atomic E-state index is 0.0161. The van der Waals surface area contributed by atoms with Gasteiger partial charge in [0.2, 0.25) is 29.5 Å². The van der Waals surface area contributed by atoms with E-state index in [2.05, 4.69) is 21.3 Å². The number of carboxylic acid groups (broad SMARTS) is 1. The Bertz CT molecular complexity index is 2990. The molecular formula is C61H87F2N7O21S. The number of rotatable bonds is 44. The number of ether oxygens (including phenoxy) is 9. The second-order valence-electron chi connectivity index (χ2n) is 21.6. The highest BCUT2D eigenvalue weighted by atomic mass is 32.2. The molecule has 2 fully saturated rings. The van der Waals surface area contributed by atoms with Crippen molar-refractivity contribution >= 4 is 53.2 Å². The van der Waals surface area contributed by atoms with Gasteiger partial charge in [-0.1, -0.05) is 31.2 Å². The number of carbonyl (C=O) groups excluding carboxylic acids is 6. The van der Waals surface area contributed by atoms with Crippen LogP contribution < -0.4 is 32.5 Å². The highest BCUT2D eigenvalue weighted by Crippen LogP contribution is 2.28. The summed E-state index contributed by atoms with van der Waals surface area (Å²) >= 11 is 1.20. The number of likely N-dealkylation sites (tertiary alicyclic amines) is 1. The number of aliphatic carboxylic acids is 1. The number of benzene rings is 2. The average Bonchev–Trinajstić information content (AvgIpc) is 1.07. The Hall–Kier alpha value is -6.62. The fraction of sp³-hybridized carbons (Fsp3) is 0.623. The molecule has 2 saturated heterocycles.